The molecule has 0 atom stereocenters. The molecule has 0 unspecified atom stereocenters. The van der Waals surface area contributed by atoms with E-state index in [0.29, 0.717) is 0 Å². The highest BCUT2D eigenvalue weighted by Gasteiger charge is 1.95. The summed E-state index contributed by atoms with van der Waals surface area (Å²) in [7, 11) is 0. The lowest BCUT2D eigenvalue weighted by Gasteiger charge is -2.02. The molecule has 2 rings (SSSR count). The first-order chi connectivity index (χ1) is 7.84. The molecule has 0 saturated carbocycles. The van der Waals surface area contributed by atoms with Crippen molar-refractivity contribution in [1.82, 2.24) is 4.98 Å². The van der Waals surface area contributed by atoms with Gasteiger partial charge in [0.15, 0.2) is 0 Å². The Labute approximate surface area is 114 Å². The fourth-order valence-corrected chi connectivity index (χ4v) is 2.63. The standard InChI is InChI=1S/C13H12INS/c14-12-1-3-13(4-2-12)16-10-7-11-5-8-15-9-6-11/h1-6,8-9H,7,10H2. The van der Waals surface area contributed by atoms with Gasteiger partial charge in [-0.1, -0.05) is 0 Å². The molecular weight excluding hydrogens is 329 g/mol. The van der Waals surface area contributed by atoms with Crippen LogP contribution in [-0.2, 0) is 6.42 Å². The molecule has 0 aliphatic rings. The Hall–Kier alpha value is -0.550. The lowest BCUT2D eigenvalue weighted by atomic mass is 10.2. The van der Waals surface area contributed by atoms with Crippen LogP contribution in [0.1, 0.15) is 5.56 Å². The van der Waals surface area contributed by atoms with Crippen LogP contribution in [0.2, 0.25) is 0 Å². The van der Waals surface area contributed by atoms with E-state index < -0.39 is 0 Å². The lowest BCUT2D eigenvalue weighted by molar-refractivity contribution is 1.13. The van der Waals surface area contributed by atoms with E-state index in [1.54, 1.807) is 0 Å². The first-order valence-corrected chi connectivity index (χ1v) is 7.18. The lowest BCUT2D eigenvalue weighted by Crippen LogP contribution is -1.88. The van der Waals surface area contributed by atoms with E-state index in [-0.39, 0.29) is 0 Å². The van der Waals surface area contributed by atoms with E-state index in [0.717, 1.165) is 12.2 Å². The number of rotatable bonds is 4. The average molecular weight is 341 g/mol. The van der Waals surface area contributed by atoms with Crippen molar-refractivity contribution in [3.63, 3.8) is 0 Å². The van der Waals surface area contributed by atoms with Crippen molar-refractivity contribution >= 4 is 34.4 Å². The Kier molecular flexibility index (Phi) is 4.66. The van der Waals surface area contributed by atoms with E-state index in [1.165, 1.54) is 14.0 Å². The van der Waals surface area contributed by atoms with Gasteiger partial charge < -0.3 is 0 Å². The number of hydrogen-bond donors (Lipinski definition) is 0. The Bertz CT molecular complexity index is 427. The van der Waals surface area contributed by atoms with Crippen molar-refractivity contribution in [3.05, 3.63) is 57.9 Å². The van der Waals surface area contributed by atoms with Gasteiger partial charge in [-0.05, 0) is 71.0 Å². The largest absolute Gasteiger partial charge is 0.265 e. The number of nitrogens with zero attached hydrogens (tertiary/aromatic N) is 1. The van der Waals surface area contributed by atoms with Gasteiger partial charge in [0.2, 0.25) is 0 Å². The van der Waals surface area contributed by atoms with E-state index >= 15 is 0 Å². The summed E-state index contributed by atoms with van der Waals surface area (Å²) in [6, 6.07) is 12.8. The van der Waals surface area contributed by atoms with Crippen LogP contribution >= 0.6 is 34.4 Å². The van der Waals surface area contributed by atoms with Crippen molar-refractivity contribution in [3.8, 4) is 0 Å². The Morgan fingerprint density at radius 2 is 1.69 bits per heavy atom. The molecule has 0 saturated heterocycles. The van der Waals surface area contributed by atoms with Gasteiger partial charge in [0.05, 0.1) is 0 Å². The molecule has 0 amide bonds. The quantitative estimate of drug-likeness (QED) is 0.615. The van der Waals surface area contributed by atoms with Crippen LogP contribution in [0, 0.1) is 3.57 Å². The van der Waals surface area contributed by atoms with Crippen molar-refractivity contribution < 1.29 is 0 Å². The Morgan fingerprint density at radius 3 is 2.38 bits per heavy atom. The third kappa shape index (κ3) is 3.79. The maximum Gasteiger partial charge on any atom is 0.0270 e. The second kappa shape index (κ2) is 6.25. The fourth-order valence-electron chi connectivity index (χ4n) is 1.37. The van der Waals surface area contributed by atoms with E-state index in [1.807, 2.05) is 24.2 Å². The number of thioether (sulfide) groups is 1. The van der Waals surface area contributed by atoms with Crippen LogP contribution in [0.4, 0.5) is 0 Å². The number of pyridine rings is 1. The van der Waals surface area contributed by atoms with Gasteiger partial charge in [0.1, 0.15) is 0 Å². The van der Waals surface area contributed by atoms with Crippen LogP contribution in [-0.4, -0.2) is 10.7 Å². The molecule has 1 aromatic carbocycles. The van der Waals surface area contributed by atoms with Crippen molar-refractivity contribution in [2.75, 3.05) is 5.75 Å². The van der Waals surface area contributed by atoms with Crippen LogP contribution < -0.4 is 0 Å². The van der Waals surface area contributed by atoms with Crippen molar-refractivity contribution in [2.24, 2.45) is 0 Å². The minimum Gasteiger partial charge on any atom is -0.265 e. The molecule has 0 radical (unpaired) electrons. The molecule has 0 aliphatic heterocycles. The number of hydrogen-bond acceptors (Lipinski definition) is 2. The van der Waals surface area contributed by atoms with Crippen LogP contribution in [0.3, 0.4) is 0 Å². The molecule has 0 bridgehead atoms. The van der Waals surface area contributed by atoms with Crippen molar-refractivity contribution in [2.45, 2.75) is 11.3 Å². The van der Waals surface area contributed by atoms with Crippen LogP contribution in [0.25, 0.3) is 0 Å². The molecule has 0 N–H and O–H groups in total. The summed E-state index contributed by atoms with van der Waals surface area (Å²) in [5.74, 6) is 1.12. The van der Waals surface area contributed by atoms with Crippen molar-refractivity contribution in [1.29, 1.82) is 0 Å². The minimum atomic E-state index is 1.10. The fraction of sp³-hybridized carbons (Fsp3) is 0.154. The van der Waals surface area contributed by atoms with E-state index in [9.17, 15) is 0 Å². The molecule has 0 spiro atoms. The molecule has 82 valence electrons. The smallest absolute Gasteiger partial charge is 0.0270 e. The third-order valence-corrected chi connectivity index (χ3v) is 3.96. The first kappa shape index (κ1) is 11.9. The summed E-state index contributed by atoms with van der Waals surface area (Å²) >= 11 is 4.23. The number of benzene rings is 1. The second-order valence-electron chi connectivity index (χ2n) is 3.41. The zero-order valence-corrected chi connectivity index (χ0v) is 11.7. The van der Waals surface area contributed by atoms with Gasteiger partial charge in [-0.25, -0.2) is 0 Å². The highest BCUT2D eigenvalue weighted by Crippen LogP contribution is 2.20. The van der Waals surface area contributed by atoms with Gasteiger partial charge in [0.25, 0.3) is 0 Å². The summed E-state index contributed by atoms with van der Waals surface area (Å²) in [4.78, 5) is 5.36. The molecule has 3 heteroatoms. The zero-order valence-electron chi connectivity index (χ0n) is 8.77. The van der Waals surface area contributed by atoms with Gasteiger partial charge in [-0.2, -0.15) is 0 Å². The maximum absolute atomic E-state index is 4.01. The highest BCUT2D eigenvalue weighted by molar-refractivity contribution is 14.1. The zero-order chi connectivity index (χ0) is 11.2. The number of halogens is 1. The first-order valence-electron chi connectivity index (χ1n) is 5.12. The number of aromatic nitrogens is 1. The third-order valence-electron chi connectivity index (χ3n) is 2.22. The molecular formula is C13H12INS. The molecule has 16 heavy (non-hydrogen) atoms. The normalized spacial score (nSPS) is 10.3. The SMILES string of the molecule is Ic1ccc(SCCc2ccncc2)cc1. The molecule has 1 heterocycles. The average Bonchev–Trinajstić information content (AvgIpc) is 2.33. The Balaban J connectivity index is 1.82. The van der Waals surface area contributed by atoms with Gasteiger partial charge >= 0.3 is 0 Å². The predicted octanol–water partition coefficient (Wildman–Crippen LogP) is 4.02. The molecule has 0 aliphatic carbocycles. The second-order valence-corrected chi connectivity index (χ2v) is 5.82. The number of aryl methyl sites for hydroxylation is 1. The highest BCUT2D eigenvalue weighted by atomic mass is 127. The predicted molar refractivity (Wildman–Crippen MR) is 77.8 cm³/mol. The summed E-state index contributed by atoms with van der Waals surface area (Å²) in [5.41, 5.74) is 1.35. The van der Waals surface area contributed by atoms with E-state index in [4.69, 9.17) is 0 Å². The summed E-state index contributed by atoms with van der Waals surface area (Å²) in [6.45, 7) is 0. The summed E-state index contributed by atoms with van der Waals surface area (Å²) < 4.78 is 1.29. The van der Waals surface area contributed by atoms with Gasteiger partial charge in [0, 0.05) is 26.6 Å². The summed E-state index contributed by atoms with van der Waals surface area (Å²) in [6.07, 6.45) is 4.80. The Morgan fingerprint density at radius 1 is 1.00 bits per heavy atom. The summed E-state index contributed by atoms with van der Waals surface area (Å²) in [5, 5.41) is 0. The molecule has 1 nitrogen and oxygen atoms in total. The molecule has 2 aromatic rings. The van der Waals surface area contributed by atoms with Gasteiger partial charge in [-0.3, -0.25) is 4.98 Å². The monoisotopic (exact) mass is 341 g/mol. The van der Waals surface area contributed by atoms with Crippen LogP contribution in [0.5, 0.6) is 0 Å². The van der Waals surface area contributed by atoms with Crippen LogP contribution in [0.15, 0.2) is 53.7 Å². The van der Waals surface area contributed by atoms with Gasteiger partial charge in [-0.15, -0.1) is 11.8 Å². The minimum absolute atomic E-state index is 1.10. The van der Waals surface area contributed by atoms with E-state index in [2.05, 4.69) is 64.0 Å². The topological polar surface area (TPSA) is 12.9 Å². The molecule has 1 aromatic heterocycles. The maximum atomic E-state index is 4.01. The molecule has 0 fully saturated rings.